The van der Waals surface area contributed by atoms with E-state index in [1.165, 1.54) is 43.9 Å². The first kappa shape index (κ1) is 34.9. The molecule has 0 fully saturated rings. The van der Waals surface area contributed by atoms with Crippen molar-refractivity contribution >= 4 is 71.6 Å². The van der Waals surface area contributed by atoms with Gasteiger partial charge < -0.3 is 13.9 Å². The van der Waals surface area contributed by atoms with Gasteiger partial charge in [0.25, 0.3) is 0 Å². The topological polar surface area (TPSA) is 21.3 Å². The second-order valence-corrected chi connectivity index (χ2v) is 15.7. The molecular formula is C58H38N2O. The average Bonchev–Trinajstić information content (AvgIpc) is 3.89. The van der Waals surface area contributed by atoms with Gasteiger partial charge in [-0.3, -0.25) is 0 Å². The van der Waals surface area contributed by atoms with Gasteiger partial charge in [-0.25, -0.2) is 0 Å². The van der Waals surface area contributed by atoms with Gasteiger partial charge in [0.05, 0.1) is 22.1 Å². The first-order valence-electron chi connectivity index (χ1n) is 20.8. The van der Waals surface area contributed by atoms with Crippen molar-refractivity contribution in [2.45, 2.75) is 0 Å². The minimum absolute atomic E-state index is 0.847. The lowest BCUT2D eigenvalue weighted by molar-refractivity contribution is 0.669. The maximum absolute atomic E-state index is 6.95. The standard InChI is InChI=1S/C58H38N2O/c1-4-16-39(17-5-1)41-30-33-45(34-31-41)59(46-23-14-20-42(36-46)40-18-6-2-7-19-40)53-28-15-29-55-58(53)57-50-26-11-10-24-47(50)51(38-56(57)61-55)43-32-35-49-48-25-12-13-27-52(48)60(54(49)37-43)44-21-8-3-9-22-44/h1-38H. The van der Waals surface area contributed by atoms with Crippen LogP contribution in [0.5, 0.6) is 0 Å². The minimum atomic E-state index is 0.847. The molecule has 0 N–H and O–H groups in total. The van der Waals surface area contributed by atoms with Gasteiger partial charge in [0.2, 0.25) is 0 Å². The number of hydrogen-bond donors (Lipinski definition) is 0. The van der Waals surface area contributed by atoms with Crippen molar-refractivity contribution in [2.24, 2.45) is 0 Å². The van der Waals surface area contributed by atoms with Gasteiger partial charge in [-0.2, -0.15) is 0 Å². The molecule has 0 spiro atoms. The van der Waals surface area contributed by atoms with E-state index in [-0.39, 0.29) is 0 Å². The number of benzene rings is 10. The molecule has 0 aliphatic carbocycles. The fraction of sp³-hybridized carbons (Fsp3) is 0. The van der Waals surface area contributed by atoms with Crippen LogP contribution in [0.2, 0.25) is 0 Å². The molecule has 0 aliphatic rings. The van der Waals surface area contributed by atoms with Crippen LogP contribution in [0.15, 0.2) is 235 Å². The third-order valence-electron chi connectivity index (χ3n) is 12.2. The highest BCUT2D eigenvalue weighted by Crippen LogP contribution is 2.48. The molecule has 0 amide bonds. The number of rotatable bonds is 7. The average molecular weight is 779 g/mol. The van der Waals surface area contributed by atoms with Crippen LogP contribution in [0.3, 0.4) is 0 Å². The molecule has 3 heteroatoms. The SMILES string of the molecule is c1ccc(-c2ccc(N(c3cccc(-c4ccccc4)c3)c3cccc4oc5cc(-c6ccc7c8ccccc8n(-c8ccccc8)c7c6)c6ccccc6c5c34)cc2)cc1. The van der Waals surface area contributed by atoms with E-state index >= 15 is 0 Å². The van der Waals surface area contributed by atoms with Gasteiger partial charge in [0, 0.05) is 33.2 Å². The summed E-state index contributed by atoms with van der Waals surface area (Å²) in [6, 6.07) is 82.7. The van der Waals surface area contributed by atoms with E-state index in [2.05, 4.69) is 240 Å². The van der Waals surface area contributed by atoms with Crippen LogP contribution in [-0.4, -0.2) is 4.57 Å². The molecule has 12 aromatic rings. The van der Waals surface area contributed by atoms with Crippen LogP contribution in [0.4, 0.5) is 17.1 Å². The van der Waals surface area contributed by atoms with Crippen LogP contribution in [0.25, 0.3) is 93.6 Å². The van der Waals surface area contributed by atoms with Crippen molar-refractivity contribution in [3.8, 4) is 39.1 Å². The van der Waals surface area contributed by atoms with Gasteiger partial charge in [-0.05, 0) is 111 Å². The molecule has 286 valence electrons. The van der Waals surface area contributed by atoms with Crippen molar-refractivity contribution in [3.63, 3.8) is 0 Å². The molecule has 0 unspecified atom stereocenters. The summed E-state index contributed by atoms with van der Waals surface area (Å²) in [7, 11) is 0. The molecule has 12 rings (SSSR count). The van der Waals surface area contributed by atoms with E-state index in [0.29, 0.717) is 0 Å². The number of hydrogen-bond acceptors (Lipinski definition) is 2. The molecule has 2 aromatic heterocycles. The number of fused-ring (bicyclic) bond motifs is 8. The molecule has 0 bridgehead atoms. The highest BCUT2D eigenvalue weighted by Gasteiger charge is 2.23. The lowest BCUT2D eigenvalue weighted by atomic mass is 9.94. The van der Waals surface area contributed by atoms with Crippen LogP contribution in [-0.2, 0) is 0 Å². The Bertz CT molecular complexity index is 3570. The van der Waals surface area contributed by atoms with Crippen LogP contribution < -0.4 is 4.90 Å². The zero-order chi connectivity index (χ0) is 40.3. The van der Waals surface area contributed by atoms with Gasteiger partial charge in [-0.15, -0.1) is 0 Å². The Morgan fingerprint density at radius 3 is 1.69 bits per heavy atom. The Kier molecular flexibility index (Phi) is 8.17. The first-order valence-corrected chi connectivity index (χ1v) is 20.8. The smallest absolute Gasteiger partial charge is 0.137 e. The number of nitrogens with zero attached hydrogens (tertiary/aromatic N) is 2. The normalized spacial score (nSPS) is 11.6. The lowest BCUT2D eigenvalue weighted by Crippen LogP contribution is -2.10. The Morgan fingerprint density at radius 1 is 0.328 bits per heavy atom. The minimum Gasteiger partial charge on any atom is -0.456 e. The summed E-state index contributed by atoms with van der Waals surface area (Å²) in [6.45, 7) is 0. The highest BCUT2D eigenvalue weighted by molar-refractivity contribution is 6.26. The second kappa shape index (κ2) is 14.3. The van der Waals surface area contributed by atoms with E-state index in [4.69, 9.17) is 4.42 Å². The lowest BCUT2D eigenvalue weighted by Gasteiger charge is -2.27. The molecule has 0 atom stereocenters. The van der Waals surface area contributed by atoms with Crippen molar-refractivity contribution in [3.05, 3.63) is 231 Å². The Morgan fingerprint density at radius 2 is 0.918 bits per heavy atom. The van der Waals surface area contributed by atoms with Crippen molar-refractivity contribution in [2.75, 3.05) is 4.90 Å². The molecule has 0 saturated carbocycles. The maximum Gasteiger partial charge on any atom is 0.137 e. The van der Waals surface area contributed by atoms with E-state index in [9.17, 15) is 0 Å². The third-order valence-corrected chi connectivity index (χ3v) is 12.2. The molecule has 0 aliphatic heterocycles. The Balaban J connectivity index is 1.08. The van der Waals surface area contributed by atoms with E-state index < -0.39 is 0 Å². The zero-order valence-electron chi connectivity index (χ0n) is 33.2. The van der Waals surface area contributed by atoms with E-state index in [1.54, 1.807) is 0 Å². The van der Waals surface area contributed by atoms with E-state index in [0.717, 1.165) is 66.8 Å². The Hall–Kier alpha value is -8.14. The number of aromatic nitrogens is 1. The summed E-state index contributed by atoms with van der Waals surface area (Å²) in [6.07, 6.45) is 0. The summed E-state index contributed by atoms with van der Waals surface area (Å²) >= 11 is 0. The maximum atomic E-state index is 6.95. The number of anilines is 3. The number of furan rings is 1. The molecule has 61 heavy (non-hydrogen) atoms. The fourth-order valence-corrected chi connectivity index (χ4v) is 9.40. The third kappa shape index (κ3) is 5.82. The predicted octanol–water partition coefficient (Wildman–Crippen LogP) is 16.3. The van der Waals surface area contributed by atoms with Gasteiger partial charge >= 0.3 is 0 Å². The van der Waals surface area contributed by atoms with Gasteiger partial charge in [-0.1, -0.05) is 164 Å². The predicted molar refractivity (Wildman–Crippen MR) is 257 cm³/mol. The van der Waals surface area contributed by atoms with Gasteiger partial charge in [0.15, 0.2) is 0 Å². The second-order valence-electron chi connectivity index (χ2n) is 15.7. The zero-order valence-corrected chi connectivity index (χ0v) is 33.2. The molecule has 0 radical (unpaired) electrons. The summed E-state index contributed by atoms with van der Waals surface area (Å²) in [4.78, 5) is 2.39. The summed E-state index contributed by atoms with van der Waals surface area (Å²) < 4.78 is 9.34. The number of para-hydroxylation sites is 2. The molecule has 10 aromatic carbocycles. The van der Waals surface area contributed by atoms with Gasteiger partial charge in [0.1, 0.15) is 11.2 Å². The highest BCUT2D eigenvalue weighted by atomic mass is 16.3. The molecule has 3 nitrogen and oxygen atoms in total. The summed E-state index contributed by atoms with van der Waals surface area (Å²) in [5.74, 6) is 0. The quantitative estimate of drug-likeness (QED) is 0.161. The largest absolute Gasteiger partial charge is 0.456 e. The summed E-state index contributed by atoms with van der Waals surface area (Å²) in [5, 5.41) is 7.00. The summed E-state index contributed by atoms with van der Waals surface area (Å²) in [5.41, 5.74) is 15.4. The molecule has 2 heterocycles. The van der Waals surface area contributed by atoms with Crippen molar-refractivity contribution < 1.29 is 4.42 Å². The Labute approximate surface area is 353 Å². The fourth-order valence-electron chi connectivity index (χ4n) is 9.40. The van der Waals surface area contributed by atoms with Crippen molar-refractivity contribution in [1.29, 1.82) is 0 Å². The van der Waals surface area contributed by atoms with Crippen LogP contribution in [0, 0.1) is 0 Å². The first-order chi connectivity index (χ1) is 30.3. The van der Waals surface area contributed by atoms with Crippen LogP contribution >= 0.6 is 0 Å². The van der Waals surface area contributed by atoms with E-state index in [1.807, 2.05) is 0 Å². The molecular weight excluding hydrogens is 741 g/mol. The van der Waals surface area contributed by atoms with Crippen LogP contribution in [0.1, 0.15) is 0 Å². The molecule has 0 saturated heterocycles. The van der Waals surface area contributed by atoms with Crippen molar-refractivity contribution in [1.82, 2.24) is 4.57 Å². The monoisotopic (exact) mass is 778 g/mol.